The van der Waals surface area contributed by atoms with Gasteiger partial charge >= 0.3 is 6.03 Å². The van der Waals surface area contributed by atoms with Crippen LogP contribution in [0.1, 0.15) is 0 Å². The number of nitrogen functional groups attached to an aromatic ring is 2. The van der Waals surface area contributed by atoms with Gasteiger partial charge < -0.3 is 11.5 Å². The molecule has 0 saturated carbocycles. The number of hydrogen-bond donors (Lipinski definition) is 4. The van der Waals surface area contributed by atoms with E-state index in [9.17, 15) is 4.79 Å². The maximum Gasteiger partial charge on any atom is 0.326 e. The first-order valence-corrected chi connectivity index (χ1v) is 5.16. The quantitative estimate of drug-likeness (QED) is 0.634. The number of nitrogens with two attached hydrogens (primary N) is 2. The molecule has 0 aromatic carbocycles. The maximum atomic E-state index is 11.6. The zero-order chi connectivity index (χ0) is 13.0. The molecule has 0 atom stereocenters. The molecule has 0 spiro atoms. The minimum Gasteiger partial charge on any atom is -0.384 e. The minimum absolute atomic E-state index is 0.329. The third kappa shape index (κ3) is 3.08. The van der Waals surface area contributed by atoms with Gasteiger partial charge in [0.25, 0.3) is 0 Å². The van der Waals surface area contributed by atoms with Crippen molar-refractivity contribution in [2.45, 2.75) is 0 Å². The fraction of sp³-hybridized carbons (Fsp3) is 0. The molecule has 2 aromatic heterocycles. The Balaban J connectivity index is 2.01. The molecule has 2 amide bonds. The van der Waals surface area contributed by atoms with Crippen molar-refractivity contribution in [1.82, 2.24) is 9.97 Å². The third-order valence-corrected chi connectivity index (χ3v) is 2.02. The van der Waals surface area contributed by atoms with Crippen molar-refractivity contribution in [3.05, 3.63) is 36.4 Å². The number of urea groups is 1. The molecule has 0 unspecified atom stereocenters. The van der Waals surface area contributed by atoms with E-state index in [4.69, 9.17) is 11.5 Å². The topological polar surface area (TPSA) is 119 Å². The van der Waals surface area contributed by atoms with Crippen LogP contribution in [0.25, 0.3) is 0 Å². The van der Waals surface area contributed by atoms with Crippen LogP contribution in [-0.2, 0) is 0 Å². The molecule has 2 aromatic rings. The van der Waals surface area contributed by atoms with Crippen LogP contribution in [0.15, 0.2) is 36.4 Å². The van der Waals surface area contributed by atoms with Crippen molar-refractivity contribution in [1.29, 1.82) is 0 Å². The monoisotopic (exact) mass is 244 g/mol. The Bertz CT molecular complexity index is 521. The summed E-state index contributed by atoms with van der Waals surface area (Å²) in [4.78, 5) is 19.5. The highest BCUT2D eigenvalue weighted by Crippen LogP contribution is 2.08. The second-order valence-electron chi connectivity index (χ2n) is 3.47. The van der Waals surface area contributed by atoms with E-state index in [-0.39, 0.29) is 0 Å². The summed E-state index contributed by atoms with van der Waals surface area (Å²) in [5.74, 6) is 1.37. The predicted molar refractivity (Wildman–Crippen MR) is 69.9 cm³/mol. The minimum atomic E-state index is -0.466. The molecule has 0 saturated heterocycles. The maximum absolute atomic E-state index is 11.6. The molecule has 0 radical (unpaired) electrons. The number of amides is 2. The Morgan fingerprint density at radius 1 is 0.889 bits per heavy atom. The van der Waals surface area contributed by atoms with Crippen molar-refractivity contribution in [2.75, 3.05) is 22.1 Å². The van der Waals surface area contributed by atoms with Gasteiger partial charge in [-0.1, -0.05) is 12.1 Å². The fourth-order valence-electron chi connectivity index (χ4n) is 1.31. The molecule has 18 heavy (non-hydrogen) atoms. The lowest BCUT2D eigenvalue weighted by molar-refractivity contribution is 0.262. The highest BCUT2D eigenvalue weighted by atomic mass is 16.2. The first-order valence-electron chi connectivity index (χ1n) is 5.16. The van der Waals surface area contributed by atoms with Crippen molar-refractivity contribution < 1.29 is 4.79 Å². The highest BCUT2D eigenvalue weighted by molar-refractivity contribution is 5.98. The summed E-state index contributed by atoms with van der Waals surface area (Å²) in [6.07, 6.45) is 0. The van der Waals surface area contributed by atoms with Gasteiger partial charge in [-0.3, -0.25) is 10.6 Å². The van der Waals surface area contributed by atoms with E-state index in [1.807, 2.05) is 0 Å². The first kappa shape index (κ1) is 11.6. The zero-order valence-corrected chi connectivity index (χ0v) is 9.42. The Kier molecular flexibility index (Phi) is 3.24. The number of pyridine rings is 2. The number of nitrogens with zero attached hydrogens (tertiary/aromatic N) is 2. The molecule has 7 nitrogen and oxygen atoms in total. The molecule has 0 aliphatic carbocycles. The lowest BCUT2D eigenvalue weighted by atomic mass is 10.4. The summed E-state index contributed by atoms with van der Waals surface area (Å²) < 4.78 is 0. The van der Waals surface area contributed by atoms with Gasteiger partial charge in [0.2, 0.25) is 0 Å². The zero-order valence-electron chi connectivity index (χ0n) is 9.42. The lowest BCUT2D eigenvalue weighted by Gasteiger charge is -2.06. The van der Waals surface area contributed by atoms with E-state index in [0.29, 0.717) is 23.3 Å². The average molecular weight is 244 g/mol. The summed E-state index contributed by atoms with van der Waals surface area (Å²) in [5, 5.41) is 5.06. The van der Waals surface area contributed by atoms with Crippen LogP contribution in [0.5, 0.6) is 0 Å². The number of carbonyl (C=O) groups excluding carboxylic acids is 1. The van der Waals surface area contributed by atoms with Crippen molar-refractivity contribution in [3.8, 4) is 0 Å². The van der Waals surface area contributed by atoms with Crippen LogP contribution in [0.4, 0.5) is 28.1 Å². The summed E-state index contributed by atoms with van der Waals surface area (Å²) in [6.45, 7) is 0. The van der Waals surface area contributed by atoms with Gasteiger partial charge in [-0.25, -0.2) is 14.8 Å². The summed E-state index contributed by atoms with van der Waals surface area (Å²) >= 11 is 0. The molecular weight excluding hydrogens is 232 g/mol. The van der Waals surface area contributed by atoms with E-state index in [1.54, 1.807) is 36.4 Å². The van der Waals surface area contributed by atoms with Gasteiger partial charge in [-0.2, -0.15) is 0 Å². The van der Waals surface area contributed by atoms with E-state index < -0.39 is 6.03 Å². The van der Waals surface area contributed by atoms with Gasteiger partial charge in [0.1, 0.15) is 23.3 Å². The Morgan fingerprint density at radius 3 is 1.72 bits per heavy atom. The average Bonchev–Trinajstić information content (AvgIpc) is 2.28. The Labute approximate surface area is 103 Å². The van der Waals surface area contributed by atoms with E-state index >= 15 is 0 Å². The van der Waals surface area contributed by atoms with Crippen LogP contribution in [0, 0.1) is 0 Å². The van der Waals surface area contributed by atoms with Crippen molar-refractivity contribution >= 4 is 29.3 Å². The molecule has 2 rings (SSSR count). The molecule has 0 aliphatic rings. The third-order valence-electron chi connectivity index (χ3n) is 2.02. The van der Waals surface area contributed by atoms with Crippen LogP contribution in [0.2, 0.25) is 0 Å². The van der Waals surface area contributed by atoms with E-state index in [1.165, 1.54) is 0 Å². The largest absolute Gasteiger partial charge is 0.384 e. The molecule has 2 heterocycles. The van der Waals surface area contributed by atoms with Gasteiger partial charge in [0.05, 0.1) is 0 Å². The summed E-state index contributed by atoms with van der Waals surface area (Å²) in [6, 6.07) is 9.43. The number of aromatic nitrogens is 2. The first-order chi connectivity index (χ1) is 8.63. The Hall–Kier alpha value is -2.83. The van der Waals surface area contributed by atoms with E-state index in [2.05, 4.69) is 20.6 Å². The van der Waals surface area contributed by atoms with E-state index in [0.717, 1.165) is 0 Å². The van der Waals surface area contributed by atoms with Gasteiger partial charge in [-0.05, 0) is 24.3 Å². The molecular formula is C11H12N6O. The number of nitrogens with one attached hydrogen (secondary N) is 2. The molecule has 0 bridgehead atoms. The second-order valence-corrected chi connectivity index (χ2v) is 3.47. The summed E-state index contributed by atoms with van der Waals surface area (Å²) in [5.41, 5.74) is 11.0. The number of anilines is 4. The lowest BCUT2D eigenvalue weighted by Crippen LogP contribution is -2.21. The summed E-state index contributed by atoms with van der Waals surface area (Å²) in [7, 11) is 0. The number of rotatable bonds is 2. The van der Waals surface area contributed by atoms with Crippen LogP contribution in [-0.4, -0.2) is 16.0 Å². The molecule has 0 aliphatic heterocycles. The molecule has 0 fully saturated rings. The smallest absolute Gasteiger partial charge is 0.326 e. The SMILES string of the molecule is Nc1cccc(NC(=O)Nc2cccc(N)n2)n1. The molecule has 6 N–H and O–H groups in total. The molecule has 92 valence electrons. The molecule has 7 heteroatoms. The van der Waals surface area contributed by atoms with Crippen molar-refractivity contribution in [3.63, 3.8) is 0 Å². The normalized spacial score (nSPS) is 9.78. The van der Waals surface area contributed by atoms with Crippen LogP contribution in [0.3, 0.4) is 0 Å². The van der Waals surface area contributed by atoms with Crippen molar-refractivity contribution in [2.24, 2.45) is 0 Å². The van der Waals surface area contributed by atoms with Crippen LogP contribution < -0.4 is 22.1 Å². The predicted octanol–water partition coefficient (Wildman–Crippen LogP) is 1.28. The van der Waals surface area contributed by atoms with Gasteiger partial charge in [0.15, 0.2) is 0 Å². The van der Waals surface area contributed by atoms with Crippen LogP contribution >= 0.6 is 0 Å². The number of hydrogen-bond acceptors (Lipinski definition) is 5. The second kappa shape index (κ2) is 5.00. The fourth-order valence-corrected chi connectivity index (χ4v) is 1.31. The standard InChI is InChI=1S/C11H12N6O/c12-7-3-1-5-9(14-7)16-11(18)17-10-6-2-4-8(13)15-10/h1-6H,(H6,12,13,14,15,16,17,18). The number of carbonyl (C=O) groups is 1. The van der Waals surface area contributed by atoms with Gasteiger partial charge in [-0.15, -0.1) is 0 Å². The highest BCUT2D eigenvalue weighted by Gasteiger charge is 2.04. The van der Waals surface area contributed by atoms with Gasteiger partial charge in [0, 0.05) is 0 Å². The Morgan fingerprint density at radius 2 is 1.33 bits per heavy atom.